The minimum Gasteiger partial charge on any atom is -0.496 e. The Balaban J connectivity index is 1.85. The molecule has 0 saturated carbocycles. The average molecular weight is 312 g/mol. The fourth-order valence-corrected chi connectivity index (χ4v) is 2.96. The normalized spacial score (nSPS) is 14.8. The lowest BCUT2D eigenvalue weighted by Crippen LogP contribution is -2.50. The van der Waals surface area contributed by atoms with E-state index in [9.17, 15) is 14.0 Å². The highest BCUT2D eigenvalue weighted by Gasteiger charge is 2.20. The van der Waals surface area contributed by atoms with E-state index in [-0.39, 0.29) is 29.9 Å². The van der Waals surface area contributed by atoms with E-state index in [0.717, 1.165) is 0 Å². The number of benzene rings is 1. The Bertz CT molecular complexity index is 539. The van der Waals surface area contributed by atoms with Gasteiger partial charge in [0.2, 0.25) is 11.8 Å². The molecule has 1 fully saturated rings. The maximum atomic E-state index is 13.2. The highest BCUT2D eigenvalue weighted by Crippen LogP contribution is 2.24. The molecule has 0 bridgehead atoms. The zero-order valence-electron chi connectivity index (χ0n) is 11.7. The fourth-order valence-electron chi connectivity index (χ4n) is 2.05. The Hall–Kier alpha value is -1.76. The van der Waals surface area contributed by atoms with E-state index < -0.39 is 0 Å². The third-order valence-electron chi connectivity index (χ3n) is 3.12. The first kappa shape index (κ1) is 15.6. The summed E-state index contributed by atoms with van der Waals surface area (Å²) in [4.78, 5) is 24.7. The van der Waals surface area contributed by atoms with Crippen molar-refractivity contribution in [2.45, 2.75) is 5.75 Å². The molecule has 2 amide bonds. The van der Waals surface area contributed by atoms with Gasteiger partial charge in [-0.2, -0.15) is 0 Å². The van der Waals surface area contributed by atoms with Crippen molar-refractivity contribution in [1.82, 2.24) is 10.2 Å². The molecule has 1 aliphatic heterocycles. The Morgan fingerprint density at radius 2 is 2.33 bits per heavy atom. The summed E-state index contributed by atoms with van der Waals surface area (Å²) >= 11 is 1.38. The van der Waals surface area contributed by atoms with E-state index in [1.807, 2.05) is 0 Å². The highest BCUT2D eigenvalue weighted by molar-refractivity contribution is 7.99. The molecule has 114 valence electrons. The van der Waals surface area contributed by atoms with Crippen LogP contribution in [-0.2, 0) is 15.3 Å². The molecule has 0 aliphatic carbocycles. The largest absolute Gasteiger partial charge is 0.496 e. The molecule has 0 aromatic heterocycles. The van der Waals surface area contributed by atoms with Crippen LogP contribution in [0, 0.1) is 5.82 Å². The summed E-state index contributed by atoms with van der Waals surface area (Å²) in [6.45, 7) is 1.14. The second kappa shape index (κ2) is 7.31. The molecule has 21 heavy (non-hydrogen) atoms. The molecule has 0 atom stereocenters. The standard InChI is InChI=1S/C14H17FN2O3S/c1-20-12-3-2-11(15)6-10(12)8-21-9-14(19)17-5-4-16-13(18)7-17/h2-3,6H,4-5,7-9H2,1H3,(H,16,18). The molecule has 5 nitrogen and oxygen atoms in total. The number of rotatable bonds is 5. The summed E-state index contributed by atoms with van der Waals surface area (Å²) in [6.07, 6.45) is 0. The number of nitrogens with zero attached hydrogens (tertiary/aromatic N) is 1. The van der Waals surface area contributed by atoms with Crippen molar-refractivity contribution in [3.8, 4) is 5.75 Å². The molecule has 1 aromatic carbocycles. The van der Waals surface area contributed by atoms with Gasteiger partial charge in [0.15, 0.2) is 0 Å². The lowest BCUT2D eigenvalue weighted by molar-refractivity contribution is -0.136. The monoisotopic (exact) mass is 312 g/mol. The molecule has 7 heteroatoms. The lowest BCUT2D eigenvalue weighted by Gasteiger charge is -2.26. The van der Waals surface area contributed by atoms with Crippen LogP contribution in [0.25, 0.3) is 0 Å². The SMILES string of the molecule is COc1ccc(F)cc1CSCC(=O)N1CCNC(=O)C1. The van der Waals surface area contributed by atoms with Crippen molar-refractivity contribution >= 4 is 23.6 Å². The third kappa shape index (κ3) is 4.35. The van der Waals surface area contributed by atoms with Crippen LogP contribution in [0.5, 0.6) is 5.75 Å². The predicted molar refractivity (Wildman–Crippen MR) is 78.7 cm³/mol. The van der Waals surface area contributed by atoms with Crippen LogP contribution in [0.2, 0.25) is 0 Å². The molecule has 2 rings (SSSR count). The molecule has 1 saturated heterocycles. The van der Waals surface area contributed by atoms with Gasteiger partial charge < -0.3 is 15.0 Å². The topological polar surface area (TPSA) is 58.6 Å². The molecular weight excluding hydrogens is 295 g/mol. The van der Waals surface area contributed by atoms with Crippen molar-refractivity contribution < 1.29 is 18.7 Å². The second-order valence-electron chi connectivity index (χ2n) is 4.61. The summed E-state index contributed by atoms with van der Waals surface area (Å²) in [5.74, 6) is 0.801. The number of halogens is 1. The van der Waals surface area contributed by atoms with Gasteiger partial charge in [-0.25, -0.2) is 4.39 Å². The van der Waals surface area contributed by atoms with Gasteiger partial charge >= 0.3 is 0 Å². The first-order valence-electron chi connectivity index (χ1n) is 6.55. The van der Waals surface area contributed by atoms with Gasteiger partial charge in [0.1, 0.15) is 11.6 Å². The average Bonchev–Trinajstić information content (AvgIpc) is 2.47. The van der Waals surface area contributed by atoms with Crippen molar-refractivity contribution in [2.24, 2.45) is 0 Å². The van der Waals surface area contributed by atoms with Crippen molar-refractivity contribution in [2.75, 3.05) is 32.5 Å². The minimum atomic E-state index is -0.328. The number of amides is 2. The highest BCUT2D eigenvalue weighted by atomic mass is 32.2. The van der Waals surface area contributed by atoms with Gasteiger partial charge in [-0.15, -0.1) is 11.8 Å². The third-order valence-corrected chi connectivity index (χ3v) is 4.08. The molecule has 0 radical (unpaired) electrons. The number of thioether (sulfide) groups is 1. The molecule has 1 aliphatic rings. The number of carbonyl (C=O) groups is 2. The quantitative estimate of drug-likeness (QED) is 0.882. The number of carbonyl (C=O) groups excluding carboxylic acids is 2. The van der Waals surface area contributed by atoms with Gasteiger partial charge in [0, 0.05) is 24.4 Å². The van der Waals surface area contributed by atoms with Crippen LogP contribution in [0.3, 0.4) is 0 Å². The summed E-state index contributed by atoms with van der Waals surface area (Å²) in [5, 5.41) is 2.67. The van der Waals surface area contributed by atoms with Gasteiger partial charge in [-0.05, 0) is 18.2 Å². The number of hydrogen-bond acceptors (Lipinski definition) is 4. The van der Waals surface area contributed by atoms with E-state index in [2.05, 4.69) is 5.32 Å². The zero-order chi connectivity index (χ0) is 15.2. The fraction of sp³-hybridized carbons (Fsp3) is 0.429. The second-order valence-corrected chi connectivity index (χ2v) is 5.60. The van der Waals surface area contributed by atoms with E-state index in [1.54, 1.807) is 6.07 Å². The van der Waals surface area contributed by atoms with Crippen LogP contribution in [0.4, 0.5) is 4.39 Å². The summed E-state index contributed by atoms with van der Waals surface area (Å²) in [7, 11) is 1.53. The summed E-state index contributed by atoms with van der Waals surface area (Å²) < 4.78 is 18.4. The van der Waals surface area contributed by atoms with Gasteiger partial charge in [-0.3, -0.25) is 9.59 Å². The van der Waals surface area contributed by atoms with Gasteiger partial charge in [0.05, 0.1) is 19.4 Å². The smallest absolute Gasteiger partial charge is 0.239 e. The Kier molecular flexibility index (Phi) is 5.44. The number of ether oxygens (including phenoxy) is 1. The minimum absolute atomic E-state index is 0.0785. The predicted octanol–water partition coefficient (Wildman–Crippen LogP) is 1.03. The van der Waals surface area contributed by atoms with Crippen molar-refractivity contribution in [1.29, 1.82) is 0 Å². The Morgan fingerprint density at radius 3 is 3.05 bits per heavy atom. The maximum absolute atomic E-state index is 13.2. The van der Waals surface area contributed by atoms with Gasteiger partial charge in [0.25, 0.3) is 0 Å². The molecular formula is C14H17FN2O3S. The zero-order valence-corrected chi connectivity index (χ0v) is 12.5. The summed E-state index contributed by atoms with van der Waals surface area (Å²) in [6, 6.07) is 4.32. The van der Waals surface area contributed by atoms with Crippen LogP contribution in [0.1, 0.15) is 5.56 Å². The Labute approximate surface area is 126 Å². The van der Waals surface area contributed by atoms with Crippen LogP contribution >= 0.6 is 11.8 Å². The first-order valence-corrected chi connectivity index (χ1v) is 7.70. The van der Waals surface area contributed by atoms with Gasteiger partial charge in [-0.1, -0.05) is 0 Å². The van der Waals surface area contributed by atoms with Crippen molar-refractivity contribution in [3.63, 3.8) is 0 Å². The maximum Gasteiger partial charge on any atom is 0.239 e. The number of hydrogen-bond donors (Lipinski definition) is 1. The molecule has 0 spiro atoms. The molecule has 1 N–H and O–H groups in total. The van der Waals surface area contributed by atoms with E-state index in [4.69, 9.17) is 4.74 Å². The lowest BCUT2D eigenvalue weighted by atomic mass is 10.2. The number of nitrogens with one attached hydrogen (secondary N) is 1. The van der Waals surface area contributed by atoms with Crippen molar-refractivity contribution in [3.05, 3.63) is 29.6 Å². The summed E-state index contributed by atoms with van der Waals surface area (Å²) in [5.41, 5.74) is 0.715. The van der Waals surface area contributed by atoms with E-state index in [0.29, 0.717) is 30.2 Å². The number of piperazine rings is 1. The van der Waals surface area contributed by atoms with E-state index >= 15 is 0 Å². The van der Waals surface area contributed by atoms with Crippen LogP contribution < -0.4 is 10.1 Å². The number of methoxy groups -OCH3 is 1. The Morgan fingerprint density at radius 1 is 1.52 bits per heavy atom. The van der Waals surface area contributed by atoms with Crippen LogP contribution in [0.15, 0.2) is 18.2 Å². The van der Waals surface area contributed by atoms with Crippen LogP contribution in [-0.4, -0.2) is 49.2 Å². The molecule has 1 aromatic rings. The molecule has 1 heterocycles. The first-order chi connectivity index (χ1) is 10.1. The molecule has 0 unspecified atom stereocenters. The van der Waals surface area contributed by atoms with E-state index in [1.165, 1.54) is 35.9 Å².